The van der Waals surface area contributed by atoms with E-state index in [2.05, 4.69) is 0 Å². The fraction of sp³-hybridized carbons (Fsp3) is 0.500. The summed E-state index contributed by atoms with van der Waals surface area (Å²) >= 11 is 0. The van der Waals surface area contributed by atoms with E-state index in [-0.39, 0.29) is 6.04 Å². The molecule has 0 aromatic rings. The maximum atomic E-state index is 9.88. The summed E-state index contributed by atoms with van der Waals surface area (Å²) < 4.78 is 0. The average Bonchev–Trinajstić information content (AvgIpc) is 1.83. The van der Waals surface area contributed by atoms with Crippen LogP contribution in [0.25, 0.3) is 0 Å². The van der Waals surface area contributed by atoms with E-state index in [9.17, 15) is 4.79 Å². The van der Waals surface area contributed by atoms with E-state index in [0.29, 0.717) is 0 Å². The Labute approximate surface area is 54.2 Å². The standard InChI is InChI=1S/C6H11NO2/c1-2-5(7)3-4-6(8)9/h3-5H,2,7H2,1H3,(H,8,9)/b4-3+/t5-/m0/s1. The van der Waals surface area contributed by atoms with Crippen molar-refractivity contribution in [2.24, 2.45) is 5.73 Å². The third-order valence-electron chi connectivity index (χ3n) is 0.957. The minimum atomic E-state index is -0.945. The predicted molar refractivity (Wildman–Crippen MR) is 35.0 cm³/mol. The predicted octanol–water partition coefficient (Wildman–Crippen LogP) is 0.365. The second-order valence-corrected chi connectivity index (χ2v) is 1.77. The Morgan fingerprint density at radius 1 is 1.89 bits per heavy atom. The Morgan fingerprint density at radius 3 is 2.78 bits per heavy atom. The van der Waals surface area contributed by atoms with Gasteiger partial charge in [0.1, 0.15) is 0 Å². The molecule has 0 fully saturated rings. The molecule has 0 rings (SSSR count). The number of hydrogen-bond donors (Lipinski definition) is 2. The Hall–Kier alpha value is -0.830. The molecule has 0 amide bonds. The van der Waals surface area contributed by atoms with E-state index in [4.69, 9.17) is 10.8 Å². The van der Waals surface area contributed by atoms with E-state index in [1.807, 2.05) is 6.92 Å². The van der Waals surface area contributed by atoms with Gasteiger partial charge in [0.05, 0.1) is 0 Å². The van der Waals surface area contributed by atoms with Gasteiger partial charge in [0.25, 0.3) is 0 Å². The van der Waals surface area contributed by atoms with Crippen LogP contribution in [0.1, 0.15) is 13.3 Å². The van der Waals surface area contributed by atoms with Crippen LogP contribution in [0.5, 0.6) is 0 Å². The van der Waals surface area contributed by atoms with Crippen LogP contribution in [-0.4, -0.2) is 17.1 Å². The summed E-state index contributed by atoms with van der Waals surface area (Å²) in [5.74, 6) is -0.945. The van der Waals surface area contributed by atoms with Crippen LogP contribution in [0.15, 0.2) is 12.2 Å². The molecule has 9 heavy (non-hydrogen) atoms. The zero-order valence-electron chi connectivity index (χ0n) is 5.37. The number of aliphatic carboxylic acids is 1. The van der Waals surface area contributed by atoms with Crippen molar-refractivity contribution in [3.63, 3.8) is 0 Å². The third kappa shape index (κ3) is 5.03. The molecule has 0 radical (unpaired) electrons. The highest BCUT2D eigenvalue weighted by atomic mass is 16.4. The van der Waals surface area contributed by atoms with Crippen molar-refractivity contribution in [1.29, 1.82) is 0 Å². The van der Waals surface area contributed by atoms with Crippen molar-refractivity contribution in [2.45, 2.75) is 19.4 Å². The molecule has 0 spiro atoms. The molecule has 0 aromatic heterocycles. The van der Waals surface area contributed by atoms with Crippen LogP contribution < -0.4 is 5.73 Å². The lowest BCUT2D eigenvalue weighted by Gasteiger charge is -1.96. The molecule has 0 saturated carbocycles. The Balaban J connectivity index is 3.56. The maximum Gasteiger partial charge on any atom is 0.328 e. The molecule has 0 saturated heterocycles. The Kier molecular flexibility index (Phi) is 3.71. The van der Waals surface area contributed by atoms with Crippen LogP contribution in [0.2, 0.25) is 0 Å². The van der Waals surface area contributed by atoms with Gasteiger partial charge in [-0.2, -0.15) is 0 Å². The summed E-state index contributed by atoms with van der Waals surface area (Å²) in [6.07, 6.45) is 3.31. The first kappa shape index (κ1) is 8.17. The third-order valence-corrected chi connectivity index (χ3v) is 0.957. The van der Waals surface area contributed by atoms with Crippen molar-refractivity contribution in [3.8, 4) is 0 Å². The number of carboxylic acid groups (broad SMARTS) is 1. The van der Waals surface area contributed by atoms with Crippen molar-refractivity contribution >= 4 is 5.97 Å². The number of carbonyl (C=O) groups is 1. The van der Waals surface area contributed by atoms with E-state index >= 15 is 0 Å². The number of carboxylic acids is 1. The van der Waals surface area contributed by atoms with Crippen LogP contribution in [0, 0.1) is 0 Å². The summed E-state index contributed by atoms with van der Waals surface area (Å²) in [6, 6.07) is -0.124. The van der Waals surface area contributed by atoms with Gasteiger partial charge in [-0.05, 0) is 6.42 Å². The van der Waals surface area contributed by atoms with Crippen LogP contribution in [0.4, 0.5) is 0 Å². The minimum Gasteiger partial charge on any atom is -0.478 e. The van der Waals surface area contributed by atoms with Crippen molar-refractivity contribution in [3.05, 3.63) is 12.2 Å². The maximum absolute atomic E-state index is 9.88. The fourth-order valence-corrected chi connectivity index (χ4v) is 0.342. The van der Waals surface area contributed by atoms with E-state index in [1.54, 1.807) is 0 Å². The minimum absolute atomic E-state index is 0.124. The first-order valence-corrected chi connectivity index (χ1v) is 2.83. The van der Waals surface area contributed by atoms with Crippen LogP contribution >= 0.6 is 0 Å². The van der Waals surface area contributed by atoms with Crippen molar-refractivity contribution < 1.29 is 9.90 Å². The monoisotopic (exact) mass is 129 g/mol. The molecule has 0 aromatic carbocycles. The molecule has 3 nitrogen and oxygen atoms in total. The van der Waals surface area contributed by atoms with Crippen LogP contribution in [-0.2, 0) is 4.79 Å². The van der Waals surface area contributed by atoms with Gasteiger partial charge in [-0.3, -0.25) is 0 Å². The fourth-order valence-electron chi connectivity index (χ4n) is 0.342. The lowest BCUT2D eigenvalue weighted by molar-refractivity contribution is -0.131. The topological polar surface area (TPSA) is 63.3 Å². The van der Waals surface area contributed by atoms with Gasteiger partial charge >= 0.3 is 5.97 Å². The molecule has 3 N–H and O–H groups in total. The molecular formula is C6H11NO2. The summed E-state index contributed by atoms with van der Waals surface area (Å²) in [6.45, 7) is 1.90. The Bertz CT molecular complexity index is 120. The molecule has 0 aliphatic carbocycles. The molecule has 0 heterocycles. The van der Waals surface area contributed by atoms with Gasteiger partial charge in [-0.1, -0.05) is 13.0 Å². The molecule has 1 atom stereocenters. The molecule has 0 bridgehead atoms. The summed E-state index contributed by atoms with van der Waals surface area (Å²) in [4.78, 5) is 9.88. The summed E-state index contributed by atoms with van der Waals surface area (Å²) in [5, 5.41) is 8.12. The quantitative estimate of drug-likeness (QED) is 0.541. The van der Waals surface area contributed by atoms with Gasteiger partial charge in [0.2, 0.25) is 0 Å². The van der Waals surface area contributed by atoms with Crippen molar-refractivity contribution in [1.82, 2.24) is 0 Å². The Morgan fingerprint density at radius 2 is 2.44 bits per heavy atom. The van der Waals surface area contributed by atoms with E-state index < -0.39 is 5.97 Å². The second-order valence-electron chi connectivity index (χ2n) is 1.77. The van der Waals surface area contributed by atoms with Crippen LogP contribution in [0.3, 0.4) is 0 Å². The first-order chi connectivity index (χ1) is 4.16. The zero-order valence-corrected chi connectivity index (χ0v) is 5.37. The lowest BCUT2D eigenvalue weighted by atomic mass is 10.2. The second kappa shape index (κ2) is 4.09. The SMILES string of the molecule is CC[C@H](N)/C=C/C(=O)O. The van der Waals surface area contributed by atoms with Gasteiger partial charge in [0.15, 0.2) is 0 Å². The van der Waals surface area contributed by atoms with Gasteiger partial charge < -0.3 is 10.8 Å². The molecule has 0 unspecified atom stereocenters. The van der Waals surface area contributed by atoms with Crippen molar-refractivity contribution in [2.75, 3.05) is 0 Å². The molecule has 0 aliphatic rings. The number of hydrogen-bond acceptors (Lipinski definition) is 2. The summed E-state index contributed by atoms with van der Waals surface area (Å²) in [7, 11) is 0. The number of rotatable bonds is 3. The van der Waals surface area contributed by atoms with Gasteiger partial charge in [0, 0.05) is 12.1 Å². The molecule has 52 valence electrons. The highest BCUT2D eigenvalue weighted by Gasteiger charge is 1.91. The largest absolute Gasteiger partial charge is 0.478 e. The van der Waals surface area contributed by atoms with Gasteiger partial charge in [-0.15, -0.1) is 0 Å². The molecule has 3 heteroatoms. The summed E-state index contributed by atoms with van der Waals surface area (Å²) in [5.41, 5.74) is 5.37. The number of nitrogens with two attached hydrogens (primary N) is 1. The average molecular weight is 129 g/mol. The zero-order chi connectivity index (χ0) is 7.28. The normalized spacial score (nSPS) is 14.0. The molecular weight excluding hydrogens is 118 g/mol. The highest BCUT2D eigenvalue weighted by molar-refractivity contribution is 5.79. The van der Waals surface area contributed by atoms with Gasteiger partial charge in [-0.25, -0.2) is 4.79 Å². The first-order valence-electron chi connectivity index (χ1n) is 2.83. The lowest BCUT2D eigenvalue weighted by Crippen LogP contribution is -2.15. The molecule has 0 aliphatic heterocycles. The highest BCUT2D eigenvalue weighted by Crippen LogP contribution is 1.86. The van der Waals surface area contributed by atoms with E-state index in [0.717, 1.165) is 12.5 Å². The van der Waals surface area contributed by atoms with E-state index in [1.165, 1.54) is 6.08 Å². The smallest absolute Gasteiger partial charge is 0.328 e.